The highest BCUT2D eigenvalue weighted by atomic mass is 16.5. The SMILES string of the molecule is CC(C)c1ccc(OCc2ccc(C(=O)OCCN3CCCCC3)o2)cc1. The zero-order valence-electron chi connectivity index (χ0n) is 16.3. The van der Waals surface area contributed by atoms with Gasteiger partial charge in [0.15, 0.2) is 0 Å². The number of carbonyl (C=O) groups excluding carboxylic acids is 1. The molecule has 2 heterocycles. The van der Waals surface area contributed by atoms with Crippen LogP contribution in [-0.4, -0.2) is 37.1 Å². The van der Waals surface area contributed by atoms with Crippen LogP contribution >= 0.6 is 0 Å². The number of hydrogen-bond donors (Lipinski definition) is 0. The van der Waals surface area contributed by atoms with E-state index in [4.69, 9.17) is 13.9 Å². The smallest absolute Gasteiger partial charge is 0.374 e. The van der Waals surface area contributed by atoms with E-state index in [0.29, 0.717) is 18.3 Å². The molecule has 1 aromatic carbocycles. The topological polar surface area (TPSA) is 51.9 Å². The van der Waals surface area contributed by atoms with Gasteiger partial charge in [-0.2, -0.15) is 0 Å². The number of esters is 1. The zero-order valence-corrected chi connectivity index (χ0v) is 16.3. The van der Waals surface area contributed by atoms with Crippen molar-refractivity contribution in [3.63, 3.8) is 0 Å². The molecule has 5 heteroatoms. The lowest BCUT2D eigenvalue weighted by molar-refractivity contribution is 0.0413. The fourth-order valence-corrected chi connectivity index (χ4v) is 3.19. The summed E-state index contributed by atoms with van der Waals surface area (Å²) in [6.07, 6.45) is 3.76. The second-order valence-electron chi connectivity index (χ2n) is 7.32. The van der Waals surface area contributed by atoms with Crippen LogP contribution in [0, 0.1) is 0 Å². The fraction of sp³-hybridized carbons (Fsp3) is 0.500. The number of hydrogen-bond acceptors (Lipinski definition) is 5. The lowest BCUT2D eigenvalue weighted by Crippen LogP contribution is -2.33. The molecule has 0 bridgehead atoms. The lowest BCUT2D eigenvalue weighted by Gasteiger charge is -2.25. The van der Waals surface area contributed by atoms with Gasteiger partial charge in [0.1, 0.15) is 24.7 Å². The van der Waals surface area contributed by atoms with Crippen molar-refractivity contribution in [1.82, 2.24) is 4.90 Å². The first-order chi connectivity index (χ1) is 13.1. The largest absolute Gasteiger partial charge is 0.486 e. The van der Waals surface area contributed by atoms with Gasteiger partial charge in [0.05, 0.1) is 0 Å². The maximum atomic E-state index is 12.1. The van der Waals surface area contributed by atoms with Crippen molar-refractivity contribution in [2.75, 3.05) is 26.2 Å². The highest BCUT2D eigenvalue weighted by molar-refractivity contribution is 5.86. The zero-order chi connectivity index (χ0) is 19.1. The van der Waals surface area contributed by atoms with Gasteiger partial charge in [-0.25, -0.2) is 4.79 Å². The first kappa shape index (κ1) is 19.5. The highest BCUT2D eigenvalue weighted by Crippen LogP contribution is 2.20. The lowest BCUT2D eigenvalue weighted by atomic mass is 10.0. The molecule has 0 radical (unpaired) electrons. The third-order valence-electron chi connectivity index (χ3n) is 4.88. The van der Waals surface area contributed by atoms with E-state index < -0.39 is 5.97 Å². The van der Waals surface area contributed by atoms with Gasteiger partial charge >= 0.3 is 5.97 Å². The Balaban J connectivity index is 1.42. The molecule has 0 atom stereocenters. The normalized spacial score (nSPS) is 15.1. The first-order valence-corrected chi connectivity index (χ1v) is 9.83. The highest BCUT2D eigenvalue weighted by Gasteiger charge is 2.15. The van der Waals surface area contributed by atoms with Crippen LogP contribution in [0.15, 0.2) is 40.8 Å². The number of furan rings is 1. The molecule has 1 aliphatic rings. The van der Waals surface area contributed by atoms with Crippen LogP contribution in [0.5, 0.6) is 5.75 Å². The van der Waals surface area contributed by atoms with E-state index in [0.717, 1.165) is 25.4 Å². The van der Waals surface area contributed by atoms with Crippen LogP contribution in [0.1, 0.15) is 60.9 Å². The van der Waals surface area contributed by atoms with Gasteiger partial charge in [-0.05, 0) is 61.7 Å². The maximum Gasteiger partial charge on any atom is 0.374 e. The van der Waals surface area contributed by atoms with Gasteiger partial charge in [-0.3, -0.25) is 4.90 Å². The molecule has 0 unspecified atom stereocenters. The summed E-state index contributed by atoms with van der Waals surface area (Å²) in [6.45, 7) is 7.97. The average Bonchev–Trinajstić information content (AvgIpc) is 3.17. The summed E-state index contributed by atoms with van der Waals surface area (Å²) in [7, 11) is 0. The number of carbonyl (C=O) groups is 1. The quantitative estimate of drug-likeness (QED) is 0.634. The summed E-state index contributed by atoms with van der Waals surface area (Å²) >= 11 is 0. The Kier molecular flexibility index (Phi) is 6.93. The Labute approximate surface area is 161 Å². The summed E-state index contributed by atoms with van der Waals surface area (Å²) in [5.41, 5.74) is 1.27. The number of rotatable bonds is 8. The molecule has 146 valence electrons. The standard InChI is InChI=1S/C22H29NO4/c1-17(2)18-6-8-19(9-7-18)26-16-20-10-11-21(27-20)22(24)25-15-14-23-12-4-3-5-13-23/h6-11,17H,3-5,12-16H2,1-2H3. The molecule has 0 aliphatic carbocycles. The van der Waals surface area contributed by atoms with Crippen LogP contribution in [0.2, 0.25) is 0 Å². The Morgan fingerprint density at radius 2 is 1.81 bits per heavy atom. The molecular weight excluding hydrogens is 342 g/mol. The van der Waals surface area contributed by atoms with E-state index >= 15 is 0 Å². The monoisotopic (exact) mass is 371 g/mol. The average molecular weight is 371 g/mol. The van der Waals surface area contributed by atoms with Crippen LogP contribution in [0.3, 0.4) is 0 Å². The van der Waals surface area contributed by atoms with Crippen LogP contribution in [0.4, 0.5) is 0 Å². The molecular formula is C22H29NO4. The Bertz CT molecular complexity index is 714. The van der Waals surface area contributed by atoms with Crippen molar-refractivity contribution in [1.29, 1.82) is 0 Å². The van der Waals surface area contributed by atoms with E-state index in [2.05, 4.69) is 30.9 Å². The van der Waals surface area contributed by atoms with Crippen molar-refractivity contribution in [2.45, 2.75) is 45.6 Å². The minimum atomic E-state index is -0.417. The summed E-state index contributed by atoms with van der Waals surface area (Å²) in [6, 6.07) is 11.4. The summed E-state index contributed by atoms with van der Waals surface area (Å²) < 4.78 is 16.6. The molecule has 0 N–H and O–H groups in total. The van der Waals surface area contributed by atoms with E-state index in [1.54, 1.807) is 12.1 Å². The Morgan fingerprint density at radius 3 is 2.52 bits per heavy atom. The van der Waals surface area contributed by atoms with Gasteiger partial charge in [0.2, 0.25) is 5.76 Å². The van der Waals surface area contributed by atoms with Crippen molar-refractivity contribution in [3.05, 3.63) is 53.5 Å². The number of piperidine rings is 1. The molecule has 27 heavy (non-hydrogen) atoms. The van der Waals surface area contributed by atoms with E-state index in [9.17, 15) is 4.79 Å². The molecule has 3 rings (SSSR count). The molecule has 1 fully saturated rings. The molecule has 1 aromatic heterocycles. The van der Waals surface area contributed by atoms with Gasteiger partial charge in [0.25, 0.3) is 0 Å². The van der Waals surface area contributed by atoms with Gasteiger partial charge in [0, 0.05) is 6.54 Å². The molecule has 2 aromatic rings. The third-order valence-corrected chi connectivity index (χ3v) is 4.88. The molecule has 1 aliphatic heterocycles. The molecule has 1 saturated heterocycles. The van der Waals surface area contributed by atoms with Crippen LogP contribution in [0.25, 0.3) is 0 Å². The predicted octanol–water partition coefficient (Wildman–Crippen LogP) is 4.62. The summed E-state index contributed by atoms with van der Waals surface area (Å²) in [5.74, 6) is 1.68. The second kappa shape index (κ2) is 9.60. The third kappa shape index (κ3) is 5.86. The summed E-state index contributed by atoms with van der Waals surface area (Å²) in [5, 5.41) is 0. The minimum Gasteiger partial charge on any atom is -0.486 e. The van der Waals surface area contributed by atoms with Gasteiger partial charge < -0.3 is 13.9 Å². The van der Waals surface area contributed by atoms with Crippen molar-refractivity contribution in [2.24, 2.45) is 0 Å². The van der Waals surface area contributed by atoms with Crippen molar-refractivity contribution in [3.8, 4) is 5.75 Å². The van der Waals surface area contributed by atoms with Crippen molar-refractivity contribution < 1.29 is 18.7 Å². The molecule has 0 amide bonds. The fourth-order valence-electron chi connectivity index (χ4n) is 3.19. The first-order valence-electron chi connectivity index (χ1n) is 9.83. The van der Waals surface area contributed by atoms with E-state index in [-0.39, 0.29) is 12.4 Å². The summed E-state index contributed by atoms with van der Waals surface area (Å²) in [4.78, 5) is 14.4. The minimum absolute atomic E-state index is 0.224. The van der Waals surface area contributed by atoms with Gasteiger partial charge in [-0.1, -0.05) is 32.4 Å². The second-order valence-corrected chi connectivity index (χ2v) is 7.32. The number of likely N-dealkylation sites (tertiary alicyclic amines) is 1. The Hall–Kier alpha value is -2.27. The number of nitrogens with zero attached hydrogens (tertiary/aromatic N) is 1. The van der Waals surface area contributed by atoms with Crippen LogP contribution < -0.4 is 4.74 Å². The van der Waals surface area contributed by atoms with Gasteiger partial charge in [-0.15, -0.1) is 0 Å². The number of benzene rings is 1. The van der Waals surface area contributed by atoms with Crippen LogP contribution in [-0.2, 0) is 11.3 Å². The Morgan fingerprint density at radius 1 is 1.07 bits per heavy atom. The number of ether oxygens (including phenoxy) is 2. The maximum absolute atomic E-state index is 12.1. The predicted molar refractivity (Wildman–Crippen MR) is 104 cm³/mol. The van der Waals surface area contributed by atoms with Crippen molar-refractivity contribution >= 4 is 5.97 Å². The van der Waals surface area contributed by atoms with E-state index in [1.165, 1.54) is 24.8 Å². The van der Waals surface area contributed by atoms with E-state index in [1.807, 2.05) is 12.1 Å². The molecule has 5 nitrogen and oxygen atoms in total. The molecule has 0 saturated carbocycles. The molecule has 0 spiro atoms.